The number of hydrogen-bond donors (Lipinski definition) is 4. The number of phenols is 1. The van der Waals surface area contributed by atoms with Crippen molar-refractivity contribution in [2.45, 2.75) is 12.2 Å². The van der Waals surface area contributed by atoms with Gasteiger partial charge in [-0.05, 0) is 6.07 Å². The van der Waals surface area contributed by atoms with E-state index in [0.29, 0.717) is 12.1 Å². The molecule has 1 rings (SSSR count). The summed E-state index contributed by atoms with van der Waals surface area (Å²) in [5.74, 6) is -3.21. The van der Waals surface area contributed by atoms with Gasteiger partial charge in [0, 0.05) is 11.6 Å². The highest BCUT2D eigenvalue weighted by Crippen LogP contribution is 2.28. The van der Waals surface area contributed by atoms with Crippen LogP contribution in [-0.4, -0.2) is 33.1 Å². The topological polar surface area (TPSA) is 80.9 Å². The van der Waals surface area contributed by atoms with Crippen molar-refractivity contribution in [3.63, 3.8) is 0 Å². The maximum atomic E-state index is 12.7. The number of aromatic hydroxyl groups is 1. The minimum atomic E-state index is -1.68. The van der Waals surface area contributed by atoms with Gasteiger partial charge in [-0.25, -0.2) is 8.78 Å². The molecule has 0 saturated heterocycles. The van der Waals surface area contributed by atoms with Crippen LogP contribution in [0.3, 0.4) is 0 Å². The van der Waals surface area contributed by atoms with E-state index in [1.807, 2.05) is 0 Å². The van der Waals surface area contributed by atoms with Gasteiger partial charge in [0.1, 0.15) is 18.0 Å². The van der Waals surface area contributed by atoms with Gasteiger partial charge in [0.25, 0.3) is 0 Å². The maximum absolute atomic E-state index is 12.7. The Kier molecular flexibility index (Phi) is 3.57. The van der Waals surface area contributed by atoms with Crippen molar-refractivity contribution in [1.29, 1.82) is 0 Å². The molecular formula is C9H10F2O4. The molecule has 0 aromatic heterocycles. The molecule has 1 aromatic rings. The predicted octanol–water partition coefficient (Wildman–Crippen LogP) is 0.0570. The molecule has 6 heteroatoms. The summed E-state index contributed by atoms with van der Waals surface area (Å²) in [5.41, 5.74) is -0.379. The standard InChI is InChI=1S/C9H10F2O4/c10-5-1-4(7(13)2-6(5)11)9(15)8(14)3-12/h1-2,8-9,12-15H,3H2. The Morgan fingerprint density at radius 1 is 1.13 bits per heavy atom. The van der Waals surface area contributed by atoms with Crippen molar-refractivity contribution in [2.75, 3.05) is 6.61 Å². The summed E-state index contributed by atoms with van der Waals surface area (Å²) in [5, 5.41) is 36.1. The highest BCUT2D eigenvalue weighted by Gasteiger charge is 2.22. The fourth-order valence-electron chi connectivity index (χ4n) is 1.10. The van der Waals surface area contributed by atoms with Crippen LogP contribution in [0, 0.1) is 11.6 Å². The quantitative estimate of drug-likeness (QED) is 0.580. The average molecular weight is 220 g/mol. The summed E-state index contributed by atoms with van der Waals surface area (Å²) in [7, 11) is 0. The molecule has 0 radical (unpaired) electrons. The zero-order valence-electron chi connectivity index (χ0n) is 7.56. The molecule has 4 N–H and O–H groups in total. The van der Waals surface area contributed by atoms with Gasteiger partial charge in [-0.1, -0.05) is 0 Å². The van der Waals surface area contributed by atoms with Crippen LogP contribution in [0.5, 0.6) is 5.75 Å². The van der Waals surface area contributed by atoms with E-state index in [9.17, 15) is 19.0 Å². The number of aliphatic hydroxyl groups excluding tert-OH is 3. The highest BCUT2D eigenvalue weighted by atomic mass is 19.2. The molecule has 0 bridgehead atoms. The monoisotopic (exact) mass is 220 g/mol. The molecule has 15 heavy (non-hydrogen) atoms. The van der Waals surface area contributed by atoms with Crippen molar-refractivity contribution >= 4 is 0 Å². The number of benzene rings is 1. The molecule has 0 aliphatic rings. The maximum Gasteiger partial charge on any atom is 0.162 e. The third-order valence-electron chi connectivity index (χ3n) is 1.94. The third-order valence-corrected chi connectivity index (χ3v) is 1.94. The molecule has 2 atom stereocenters. The van der Waals surface area contributed by atoms with Gasteiger partial charge in [-0.15, -0.1) is 0 Å². The molecule has 0 amide bonds. The molecule has 1 aromatic carbocycles. The van der Waals surface area contributed by atoms with Crippen molar-refractivity contribution in [3.05, 3.63) is 29.3 Å². The third kappa shape index (κ3) is 2.41. The van der Waals surface area contributed by atoms with Gasteiger partial charge in [-0.2, -0.15) is 0 Å². The summed E-state index contributed by atoms with van der Waals surface area (Å²) < 4.78 is 25.3. The Bertz CT molecular complexity index is 356. The molecule has 0 fully saturated rings. The first-order valence-electron chi connectivity index (χ1n) is 4.12. The molecule has 0 spiro atoms. The summed E-state index contributed by atoms with van der Waals surface area (Å²) >= 11 is 0. The first kappa shape index (κ1) is 11.8. The largest absolute Gasteiger partial charge is 0.507 e. The second-order valence-corrected chi connectivity index (χ2v) is 3.02. The van der Waals surface area contributed by atoms with E-state index < -0.39 is 36.2 Å². The van der Waals surface area contributed by atoms with Gasteiger partial charge >= 0.3 is 0 Å². The highest BCUT2D eigenvalue weighted by molar-refractivity contribution is 5.35. The molecule has 2 unspecified atom stereocenters. The fraction of sp³-hybridized carbons (Fsp3) is 0.333. The summed E-state index contributed by atoms with van der Waals surface area (Å²) in [4.78, 5) is 0. The smallest absolute Gasteiger partial charge is 0.162 e. The van der Waals surface area contributed by atoms with E-state index >= 15 is 0 Å². The lowest BCUT2D eigenvalue weighted by atomic mass is 10.0. The Morgan fingerprint density at radius 2 is 1.67 bits per heavy atom. The van der Waals surface area contributed by atoms with Crippen LogP contribution in [0.1, 0.15) is 11.7 Å². The Hall–Kier alpha value is -1.24. The number of rotatable bonds is 3. The molecule has 0 saturated carbocycles. The van der Waals surface area contributed by atoms with Gasteiger partial charge in [0.15, 0.2) is 11.6 Å². The molecular weight excluding hydrogens is 210 g/mol. The Labute approximate surface area is 84.0 Å². The van der Waals surface area contributed by atoms with Crippen LogP contribution in [0.15, 0.2) is 12.1 Å². The van der Waals surface area contributed by atoms with E-state index in [0.717, 1.165) is 0 Å². The second kappa shape index (κ2) is 4.52. The molecule has 84 valence electrons. The minimum Gasteiger partial charge on any atom is -0.507 e. The lowest BCUT2D eigenvalue weighted by molar-refractivity contribution is -0.0163. The van der Waals surface area contributed by atoms with Gasteiger partial charge in [-0.3, -0.25) is 0 Å². The average Bonchev–Trinajstić information content (AvgIpc) is 2.21. The van der Waals surface area contributed by atoms with Gasteiger partial charge < -0.3 is 20.4 Å². The van der Waals surface area contributed by atoms with E-state index in [1.54, 1.807) is 0 Å². The number of phenolic OH excluding ortho intramolecular Hbond substituents is 1. The Morgan fingerprint density at radius 3 is 2.20 bits per heavy atom. The zero-order chi connectivity index (χ0) is 11.6. The first-order valence-corrected chi connectivity index (χ1v) is 4.12. The van der Waals surface area contributed by atoms with Crippen LogP contribution >= 0.6 is 0 Å². The molecule has 0 aliphatic carbocycles. The summed E-state index contributed by atoms with van der Waals surface area (Å²) in [6.45, 7) is -0.764. The zero-order valence-corrected chi connectivity index (χ0v) is 7.56. The van der Waals surface area contributed by atoms with Crippen LogP contribution in [0.4, 0.5) is 8.78 Å². The van der Waals surface area contributed by atoms with E-state index in [-0.39, 0.29) is 5.56 Å². The van der Waals surface area contributed by atoms with Crippen molar-refractivity contribution in [3.8, 4) is 5.75 Å². The van der Waals surface area contributed by atoms with E-state index in [4.69, 9.17) is 10.2 Å². The van der Waals surface area contributed by atoms with Gasteiger partial charge in [0.2, 0.25) is 0 Å². The van der Waals surface area contributed by atoms with Crippen LogP contribution < -0.4 is 0 Å². The number of halogens is 2. The fourth-order valence-corrected chi connectivity index (χ4v) is 1.10. The number of aliphatic hydroxyl groups is 3. The predicted molar refractivity (Wildman–Crippen MR) is 46.1 cm³/mol. The van der Waals surface area contributed by atoms with E-state index in [2.05, 4.69) is 0 Å². The van der Waals surface area contributed by atoms with Crippen LogP contribution in [-0.2, 0) is 0 Å². The van der Waals surface area contributed by atoms with Crippen LogP contribution in [0.2, 0.25) is 0 Å². The SMILES string of the molecule is OCC(O)C(O)c1cc(F)c(F)cc1O. The molecule has 0 aliphatic heterocycles. The minimum absolute atomic E-state index is 0.379. The lowest BCUT2D eigenvalue weighted by Crippen LogP contribution is -2.22. The Balaban J connectivity index is 3.09. The summed E-state index contributed by atoms with van der Waals surface area (Å²) in [6, 6.07) is 1.05. The normalized spacial score (nSPS) is 15.0. The number of hydrogen-bond acceptors (Lipinski definition) is 4. The van der Waals surface area contributed by atoms with Crippen molar-refractivity contribution in [1.82, 2.24) is 0 Å². The van der Waals surface area contributed by atoms with Gasteiger partial charge in [0.05, 0.1) is 6.61 Å². The first-order chi connectivity index (χ1) is 6.97. The molecule has 0 heterocycles. The van der Waals surface area contributed by atoms with Crippen molar-refractivity contribution < 1.29 is 29.2 Å². The van der Waals surface area contributed by atoms with Crippen molar-refractivity contribution in [2.24, 2.45) is 0 Å². The van der Waals surface area contributed by atoms with E-state index in [1.165, 1.54) is 0 Å². The lowest BCUT2D eigenvalue weighted by Gasteiger charge is -2.17. The molecule has 4 nitrogen and oxygen atoms in total. The van der Waals surface area contributed by atoms with Crippen LogP contribution in [0.25, 0.3) is 0 Å². The summed E-state index contributed by atoms with van der Waals surface area (Å²) in [6.07, 6.45) is -3.24. The second-order valence-electron chi connectivity index (χ2n) is 3.02.